The van der Waals surface area contributed by atoms with Crippen LogP contribution in [0.1, 0.15) is 22.8 Å². The molecule has 2 aliphatic rings. The van der Waals surface area contributed by atoms with Crippen LogP contribution in [-0.4, -0.2) is 28.3 Å². The lowest BCUT2D eigenvalue weighted by molar-refractivity contribution is -0.114. The van der Waals surface area contributed by atoms with Gasteiger partial charge in [0.15, 0.2) is 0 Å². The molecule has 0 saturated carbocycles. The van der Waals surface area contributed by atoms with Crippen molar-refractivity contribution in [2.75, 3.05) is 17.2 Å². The van der Waals surface area contributed by atoms with Crippen LogP contribution in [-0.2, 0) is 4.79 Å². The number of anilines is 3. The van der Waals surface area contributed by atoms with Gasteiger partial charge in [-0.25, -0.2) is 9.97 Å². The van der Waals surface area contributed by atoms with Crippen LogP contribution in [0.25, 0.3) is 16.8 Å². The van der Waals surface area contributed by atoms with Gasteiger partial charge in [-0.2, -0.15) is 0 Å². The maximum atomic E-state index is 13.0. The zero-order valence-corrected chi connectivity index (χ0v) is 21.9. The smallest absolute Gasteiger partial charge is 0.251 e. The van der Waals surface area contributed by atoms with Crippen molar-refractivity contribution in [3.8, 4) is 11.3 Å². The molecule has 1 aromatic heterocycles. The predicted molar refractivity (Wildman–Crippen MR) is 158 cm³/mol. The Kier molecular flexibility index (Phi) is 6.77. The Morgan fingerprint density at radius 2 is 1.68 bits per heavy atom. The van der Waals surface area contributed by atoms with Gasteiger partial charge in [0.2, 0.25) is 11.9 Å². The van der Waals surface area contributed by atoms with Gasteiger partial charge >= 0.3 is 0 Å². The number of carbonyl (C=O) groups is 2. The summed E-state index contributed by atoms with van der Waals surface area (Å²) in [6.45, 7) is 2.02. The fraction of sp³-hybridized carbons (Fsp3) is 0.0909. The van der Waals surface area contributed by atoms with Gasteiger partial charge in [-0.1, -0.05) is 66.8 Å². The Hall–Kier alpha value is -5.30. The van der Waals surface area contributed by atoms with E-state index in [9.17, 15) is 9.59 Å². The van der Waals surface area contributed by atoms with Crippen LogP contribution < -0.4 is 16.0 Å². The average molecular weight is 526 g/mol. The number of nitrogens with zero attached hydrogens (tertiary/aromatic N) is 2. The van der Waals surface area contributed by atoms with Gasteiger partial charge < -0.3 is 16.0 Å². The summed E-state index contributed by atoms with van der Waals surface area (Å²) in [6.07, 6.45) is 8.18. The summed E-state index contributed by atoms with van der Waals surface area (Å²) in [5, 5.41) is 9.07. The van der Waals surface area contributed by atoms with Gasteiger partial charge in [0.05, 0.1) is 5.69 Å². The number of rotatable bonds is 8. The zero-order valence-electron chi connectivity index (χ0n) is 21.9. The molecule has 4 aromatic rings. The highest BCUT2D eigenvalue weighted by molar-refractivity contribution is 5.95. The summed E-state index contributed by atoms with van der Waals surface area (Å²) in [7, 11) is 0. The third kappa shape index (κ3) is 5.31. The molecule has 1 heterocycles. The van der Waals surface area contributed by atoms with Crippen LogP contribution in [0, 0.1) is 5.92 Å². The minimum atomic E-state index is -0.131. The molecule has 3 aromatic carbocycles. The lowest BCUT2D eigenvalue weighted by Crippen LogP contribution is -2.35. The van der Waals surface area contributed by atoms with E-state index in [4.69, 9.17) is 0 Å². The van der Waals surface area contributed by atoms with Gasteiger partial charge in [0, 0.05) is 48.1 Å². The number of amides is 2. The number of hydrogen-bond donors (Lipinski definition) is 3. The molecule has 7 nitrogen and oxygen atoms in total. The van der Waals surface area contributed by atoms with Crippen LogP contribution in [0.5, 0.6) is 0 Å². The van der Waals surface area contributed by atoms with E-state index in [0.717, 1.165) is 16.9 Å². The van der Waals surface area contributed by atoms with Gasteiger partial charge in [0.1, 0.15) is 0 Å². The lowest BCUT2D eigenvalue weighted by Gasteiger charge is -2.35. The Morgan fingerprint density at radius 1 is 0.850 bits per heavy atom. The van der Waals surface area contributed by atoms with Crippen LogP contribution in [0.4, 0.5) is 17.3 Å². The van der Waals surface area contributed by atoms with Crippen molar-refractivity contribution in [2.24, 2.45) is 5.92 Å². The quantitative estimate of drug-likeness (QED) is 0.256. The molecule has 196 valence electrons. The molecule has 2 aliphatic carbocycles. The number of benzene rings is 3. The largest absolute Gasteiger partial charge is 0.351 e. The molecule has 6 rings (SSSR count). The van der Waals surface area contributed by atoms with E-state index in [1.807, 2.05) is 60.7 Å². The fourth-order valence-corrected chi connectivity index (χ4v) is 4.95. The van der Waals surface area contributed by atoms with Gasteiger partial charge in [-0.3, -0.25) is 9.59 Å². The van der Waals surface area contributed by atoms with E-state index >= 15 is 0 Å². The zero-order chi connectivity index (χ0) is 27.5. The third-order valence-electron chi connectivity index (χ3n) is 6.94. The first kappa shape index (κ1) is 25.0. The summed E-state index contributed by atoms with van der Waals surface area (Å²) in [6, 6.07) is 26.9. The second kappa shape index (κ2) is 10.8. The highest BCUT2D eigenvalue weighted by atomic mass is 16.2. The number of allylic oxidation sites excluding steroid dienone is 4. The van der Waals surface area contributed by atoms with E-state index in [1.165, 1.54) is 29.2 Å². The first-order chi connectivity index (χ1) is 19.5. The predicted octanol–water partition coefficient (Wildman–Crippen LogP) is 6.16. The van der Waals surface area contributed by atoms with Crippen molar-refractivity contribution in [1.29, 1.82) is 0 Å². The molecule has 0 spiro atoms. The molecule has 0 aliphatic heterocycles. The van der Waals surface area contributed by atoms with Gasteiger partial charge in [-0.15, -0.1) is 0 Å². The van der Waals surface area contributed by atoms with Crippen LogP contribution in [0.3, 0.4) is 0 Å². The van der Waals surface area contributed by atoms with Crippen molar-refractivity contribution in [3.05, 3.63) is 132 Å². The molecule has 7 heteroatoms. The summed E-state index contributed by atoms with van der Waals surface area (Å²) in [5.41, 5.74) is 8.53. The molecule has 0 saturated heterocycles. The lowest BCUT2D eigenvalue weighted by atomic mass is 9.70. The monoisotopic (exact) mass is 525 g/mol. The molecule has 1 unspecified atom stereocenters. The minimum Gasteiger partial charge on any atom is -0.351 e. The molecule has 0 radical (unpaired) electrons. The van der Waals surface area contributed by atoms with Crippen molar-refractivity contribution in [1.82, 2.24) is 15.3 Å². The van der Waals surface area contributed by atoms with E-state index in [-0.39, 0.29) is 17.7 Å². The summed E-state index contributed by atoms with van der Waals surface area (Å²) in [5.74, 6) is 0.372. The molecular formula is C33H27N5O2. The molecule has 1 atom stereocenters. The molecule has 2 amide bonds. The average Bonchev–Trinajstić information content (AvgIpc) is 2.98. The summed E-state index contributed by atoms with van der Waals surface area (Å²) >= 11 is 0. The highest BCUT2D eigenvalue weighted by Gasteiger charge is 2.32. The Bertz CT molecular complexity index is 1680. The van der Waals surface area contributed by atoms with Gasteiger partial charge in [0.25, 0.3) is 5.91 Å². The number of hydrogen-bond acceptors (Lipinski definition) is 5. The van der Waals surface area contributed by atoms with Crippen LogP contribution >= 0.6 is 0 Å². The summed E-state index contributed by atoms with van der Waals surface area (Å²) in [4.78, 5) is 33.3. The van der Waals surface area contributed by atoms with E-state index in [2.05, 4.69) is 56.3 Å². The highest BCUT2D eigenvalue weighted by Crippen LogP contribution is 2.45. The Morgan fingerprint density at radius 3 is 2.45 bits per heavy atom. The fourth-order valence-electron chi connectivity index (χ4n) is 4.95. The number of aromatic nitrogens is 2. The topological polar surface area (TPSA) is 96.0 Å². The Labute approximate surface area is 232 Å². The van der Waals surface area contributed by atoms with Crippen molar-refractivity contribution >= 4 is 34.7 Å². The standard InChI is InChI=1S/C33H27N5O2/c1-21(39)36-26-13-10-23(11-14-26)31-16-17-34-33(38-31)37-27-9-5-8-25(18-27)32(40)35-20-30-24-12-15-28(29(30)19-24)22-6-3-2-4-7-22/h2-19,30H,20H2,1H3,(H,35,40)(H,36,39)(H,34,37,38). The first-order valence-corrected chi connectivity index (χ1v) is 13.1. The molecule has 3 N–H and O–H groups in total. The SMILES string of the molecule is CC(=O)Nc1ccc(-c2ccnc(Nc3cccc(C(=O)NCC4c5ccc(-c6ccccc6)c4c5)c3)n2)cc1. The number of fused-ring (bicyclic) bond motifs is 2. The number of carbonyl (C=O) groups excluding carboxylic acids is 2. The number of nitrogens with one attached hydrogen (secondary N) is 3. The normalized spacial score (nSPS) is 15.1. The molecule has 40 heavy (non-hydrogen) atoms. The van der Waals surface area contributed by atoms with E-state index in [1.54, 1.807) is 18.3 Å². The second-order valence-electron chi connectivity index (χ2n) is 9.71. The van der Waals surface area contributed by atoms with Crippen LogP contribution in [0.15, 0.2) is 121 Å². The van der Waals surface area contributed by atoms with Gasteiger partial charge in [-0.05, 0) is 58.7 Å². The molecular weight excluding hydrogens is 498 g/mol. The Balaban J connectivity index is 1.09. The maximum Gasteiger partial charge on any atom is 0.251 e. The van der Waals surface area contributed by atoms with E-state index < -0.39 is 0 Å². The van der Waals surface area contributed by atoms with Crippen molar-refractivity contribution in [3.63, 3.8) is 0 Å². The summed E-state index contributed by atoms with van der Waals surface area (Å²) < 4.78 is 0. The molecule has 0 fully saturated rings. The first-order valence-electron chi connectivity index (χ1n) is 13.1. The van der Waals surface area contributed by atoms with Crippen molar-refractivity contribution in [2.45, 2.75) is 6.92 Å². The maximum absolute atomic E-state index is 13.0. The van der Waals surface area contributed by atoms with Crippen LogP contribution in [0.2, 0.25) is 0 Å². The van der Waals surface area contributed by atoms with Crippen molar-refractivity contribution < 1.29 is 9.59 Å². The second-order valence-corrected chi connectivity index (χ2v) is 9.71. The minimum absolute atomic E-state index is 0.119. The molecule has 2 bridgehead atoms. The van der Waals surface area contributed by atoms with E-state index in [0.29, 0.717) is 23.7 Å². The third-order valence-corrected chi connectivity index (χ3v) is 6.94.